The SMILES string of the molecule is O=C1N(c2ccccc2)C(c2ccccc2)(c2ccccc2)C1(c1ccccc1)c1ccccc1. The Hall–Kier alpha value is -4.43. The second-order valence-corrected chi connectivity index (χ2v) is 8.90. The highest BCUT2D eigenvalue weighted by atomic mass is 16.2. The number of rotatable bonds is 5. The first-order valence-corrected chi connectivity index (χ1v) is 11.9. The van der Waals surface area contributed by atoms with Crippen LogP contribution in [0.4, 0.5) is 5.69 Å². The number of carbonyl (C=O) groups excluding carboxylic acids is 1. The quantitative estimate of drug-likeness (QED) is 0.264. The van der Waals surface area contributed by atoms with Crippen molar-refractivity contribution in [3.8, 4) is 0 Å². The molecule has 0 atom stereocenters. The summed E-state index contributed by atoms with van der Waals surface area (Å²) in [5.41, 5.74) is 3.25. The zero-order chi connectivity index (χ0) is 23.7. The summed E-state index contributed by atoms with van der Waals surface area (Å²) in [5.74, 6) is 0.0637. The molecule has 1 aliphatic heterocycles. The van der Waals surface area contributed by atoms with Crippen molar-refractivity contribution in [2.24, 2.45) is 0 Å². The van der Waals surface area contributed by atoms with Gasteiger partial charge in [-0.2, -0.15) is 0 Å². The Morgan fingerprint density at radius 3 is 1.09 bits per heavy atom. The summed E-state index contributed by atoms with van der Waals surface area (Å²) >= 11 is 0. The van der Waals surface area contributed by atoms with Gasteiger partial charge in [0, 0.05) is 5.69 Å². The smallest absolute Gasteiger partial charge is 0.246 e. The van der Waals surface area contributed by atoms with Gasteiger partial charge in [0.05, 0.1) is 0 Å². The minimum atomic E-state index is -0.950. The lowest BCUT2D eigenvalue weighted by Gasteiger charge is -2.66. The zero-order valence-electron chi connectivity index (χ0n) is 19.3. The predicted octanol–water partition coefficient (Wildman–Crippen LogP) is 6.96. The Kier molecular flexibility index (Phi) is 5.08. The van der Waals surface area contributed by atoms with E-state index in [0.29, 0.717) is 0 Å². The fourth-order valence-electron chi connectivity index (χ4n) is 5.90. The average molecular weight is 452 g/mol. The zero-order valence-corrected chi connectivity index (χ0v) is 19.3. The molecule has 1 saturated heterocycles. The highest BCUT2D eigenvalue weighted by Gasteiger charge is 2.74. The van der Waals surface area contributed by atoms with Gasteiger partial charge in [-0.05, 0) is 34.4 Å². The van der Waals surface area contributed by atoms with Crippen molar-refractivity contribution in [2.75, 3.05) is 4.90 Å². The first kappa shape index (κ1) is 21.1. The molecule has 0 aliphatic carbocycles. The van der Waals surface area contributed by atoms with E-state index in [4.69, 9.17) is 0 Å². The molecule has 0 bridgehead atoms. The van der Waals surface area contributed by atoms with Crippen LogP contribution in [-0.2, 0) is 15.7 Å². The van der Waals surface area contributed by atoms with E-state index in [-0.39, 0.29) is 5.91 Å². The molecular weight excluding hydrogens is 426 g/mol. The number of anilines is 1. The van der Waals surface area contributed by atoms with Gasteiger partial charge >= 0.3 is 0 Å². The lowest BCUT2D eigenvalue weighted by molar-refractivity contribution is -0.134. The van der Waals surface area contributed by atoms with Gasteiger partial charge in [0.1, 0.15) is 11.0 Å². The van der Waals surface area contributed by atoms with Crippen LogP contribution in [-0.4, -0.2) is 5.91 Å². The van der Waals surface area contributed by atoms with Crippen LogP contribution >= 0.6 is 0 Å². The molecule has 5 aromatic rings. The standard InChI is InChI=1S/C33H25NO/c35-31-32(26-16-6-1-7-17-26,27-18-8-2-9-19-27)33(28-20-10-3-11-21-28,29-22-12-4-13-23-29)34(31)30-24-14-5-15-25-30/h1-25H. The second kappa shape index (κ2) is 8.41. The van der Waals surface area contributed by atoms with Crippen LogP contribution in [0.15, 0.2) is 152 Å². The van der Waals surface area contributed by atoms with E-state index in [2.05, 4.69) is 72.8 Å². The summed E-state index contributed by atoms with van der Waals surface area (Å²) in [4.78, 5) is 16.8. The maximum absolute atomic E-state index is 14.8. The molecule has 2 heteroatoms. The van der Waals surface area contributed by atoms with E-state index in [9.17, 15) is 4.79 Å². The molecule has 2 nitrogen and oxygen atoms in total. The Morgan fingerprint density at radius 2 is 0.714 bits per heavy atom. The van der Waals surface area contributed by atoms with Gasteiger partial charge in [-0.25, -0.2) is 0 Å². The number of β-lactam (4-membered cyclic amide) rings is 1. The molecule has 0 aromatic heterocycles. The Morgan fingerprint density at radius 1 is 0.400 bits per heavy atom. The lowest BCUT2D eigenvalue weighted by atomic mass is 9.49. The van der Waals surface area contributed by atoms with E-state index >= 15 is 0 Å². The summed E-state index contributed by atoms with van der Waals surface area (Å²) in [6.45, 7) is 0. The number of para-hydroxylation sites is 1. The van der Waals surface area contributed by atoms with Gasteiger partial charge in [0.2, 0.25) is 5.91 Å². The highest BCUT2D eigenvalue weighted by Crippen LogP contribution is 2.64. The van der Waals surface area contributed by atoms with Gasteiger partial charge < -0.3 is 0 Å². The third-order valence-corrected chi connectivity index (χ3v) is 7.21. The third-order valence-electron chi connectivity index (χ3n) is 7.21. The lowest BCUT2D eigenvalue weighted by Crippen LogP contribution is -2.79. The van der Waals surface area contributed by atoms with E-state index in [1.165, 1.54) is 0 Å². The van der Waals surface area contributed by atoms with Crippen LogP contribution < -0.4 is 4.90 Å². The summed E-state index contributed by atoms with van der Waals surface area (Å²) in [6, 6.07) is 51.4. The van der Waals surface area contributed by atoms with Gasteiger partial charge in [0.25, 0.3) is 0 Å². The van der Waals surface area contributed by atoms with Crippen LogP contribution in [0, 0.1) is 0 Å². The van der Waals surface area contributed by atoms with Crippen LogP contribution in [0.3, 0.4) is 0 Å². The van der Waals surface area contributed by atoms with E-state index in [1.807, 2.05) is 83.8 Å². The summed E-state index contributed by atoms with van der Waals surface area (Å²) < 4.78 is 0. The van der Waals surface area contributed by atoms with E-state index in [0.717, 1.165) is 27.9 Å². The van der Waals surface area contributed by atoms with Crippen molar-refractivity contribution in [2.45, 2.75) is 11.0 Å². The predicted molar refractivity (Wildman–Crippen MR) is 141 cm³/mol. The summed E-state index contributed by atoms with van der Waals surface area (Å²) in [5, 5.41) is 0. The van der Waals surface area contributed by atoms with Gasteiger partial charge in [-0.3, -0.25) is 9.69 Å². The molecule has 0 saturated carbocycles. The molecule has 0 unspecified atom stereocenters. The molecule has 0 spiro atoms. The maximum atomic E-state index is 14.8. The van der Waals surface area contributed by atoms with Crippen molar-refractivity contribution >= 4 is 11.6 Å². The minimum absolute atomic E-state index is 0.0637. The van der Waals surface area contributed by atoms with E-state index < -0.39 is 11.0 Å². The molecule has 1 aliphatic rings. The van der Waals surface area contributed by atoms with Crippen LogP contribution in [0.1, 0.15) is 22.3 Å². The molecule has 5 aromatic carbocycles. The molecule has 1 heterocycles. The van der Waals surface area contributed by atoms with Gasteiger partial charge in [0.15, 0.2) is 0 Å². The van der Waals surface area contributed by atoms with E-state index in [1.54, 1.807) is 0 Å². The Balaban J connectivity index is 1.80. The van der Waals surface area contributed by atoms with Crippen LogP contribution in [0.2, 0.25) is 0 Å². The topological polar surface area (TPSA) is 20.3 Å². The Labute approximate surface area is 206 Å². The van der Waals surface area contributed by atoms with Gasteiger partial charge in [-0.15, -0.1) is 0 Å². The first-order chi connectivity index (χ1) is 17.3. The van der Waals surface area contributed by atoms with Crippen LogP contribution in [0.5, 0.6) is 0 Å². The molecule has 168 valence electrons. The molecule has 0 radical (unpaired) electrons. The molecule has 1 amide bonds. The second-order valence-electron chi connectivity index (χ2n) is 8.90. The van der Waals surface area contributed by atoms with Crippen molar-refractivity contribution in [3.05, 3.63) is 174 Å². The first-order valence-electron chi connectivity index (χ1n) is 11.9. The number of hydrogen-bond donors (Lipinski definition) is 0. The van der Waals surface area contributed by atoms with Crippen molar-refractivity contribution in [1.82, 2.24) is 0 Å². The molecular formula is C33H25NO. The molecule has 35 heavy (non-hydrogen) atoms. The number of carbonyl (C=O) groups is 1. The number of amides is 1. The summed E-state index contributed by atoms with van der Waals surface area (Å²) in [6.07, 6.45) is 0. The largest absolute Gasteiger partial charge is 0.295 e. The van der Waals surface area contributed by atoms with Crippen molar-refractivity contribution in [1.29, 1.82) is 0 Å². The molecule has 1 fully saturated rings. The molecule has 0 N–H and O–H groups in total. The number of benzene rings is 5. The highest BCUT2D eigenvalue weighted by molar-refractivity contribution is 6.16. The summed E-state index contributed by atoms with van der Waals surface area (Å²) in [7, 11) is 0. The number of nitrogens with zero attached hydrogens (tertiary/aromatic N) is 1. The monoisotopic (exact) mass is 451 g/mol. The fourth-order valence-corrected chi connectivity index (χ4v) is 5.90. The van der Waals surface area contributed by atoms with Crippen molar-refractivity contribution in [3.63, 3.8) is 0 Å². The Bertz CT molecular complexity index is 1350. The van der Waals surface area contributed by atoms with Crippen molar-refractivity contribution < 1.29 is 4.79 Å². The average Bonchev–Trinajstić information content (AvgIpc) is 2.94. The van der Waals surface area contributed by atoms with Gasteiger partial charge in [-0.1, -0.05) is 140 Å². The van der Waals surface area contributed by atoms with Crippen LogP contribution in [0.25, 0.3) is 0 Å². The maximum Gasteiger partial charge on any atom is 0.246 e. The normalized spacial score (nSPS) is 15.9. The number of hydrogen-bond acceptors (Lipinski definition) is 1. The third kappa shape index (κ3) is 2.87. The fraction of sp³-hybridized carbons (Fsp3) is 0.0606. The minimum Gasteiger partial charge on any atom is -0.295 e. The molecule has 6 rings (SSSR count).